The number of anilines is 4. The van der Waals surface area contributed by atoms with E-state index in [1.807, 2.05) is 42.0 Å². The smallest absolute Gasteiger partial charge is 0.233 e. The van der Waals surface area contributed by atoms with Gasteiger partial charge in [-0.1, -0.05) is 6.07 Å². The zero-order chi connectivity index (χ0) is 27.6. The number of aliphatic hydroxyl groups is 1. The molecule has 3 aromatic heterocycles. The van der Waals surface area contributed by atoms with Gasteiger partial charge >= 0.3 is 0 Å². The van der Waals surface area contributed by atoms with E-state index >= 15 is 0 Å². The number of benzene rings is 1. The Kier molecular flexibility index (Phi) is 7.69. The molecule has 0 bridgehead atoms. The molecule has 1 aliphatic rings. The number of hydrogen-bond donors (Lipinski definition) is 2. The molecular weight excluding hydrogens is 516 g/mol. The fourth-order valence-electron chi connectivity index (χ4n) is 4.78. The van der Waals surface area contributed by atoms with Crippen LogP contribution in [-0.4, -0.2) is 90.1 Å². The molecule has 4 heterocycles. The van der Waals surface area contributed by atoms with Crippen LogP contribution in [0.5, 0.6) is 0 Å². The van der Waals surface area contributed by atoms with Gasteiger partial charge in [-0.15, -0.1) is 0 Å². The predicted molar refractivity (Wildman–Crippen MR) is 154 cm³/mol. The summed E-state index contributed by atoms with van der Waals surface area (Å²) in [6.45, 7) is 6.67. The second-order valence-electron chi connectivity index (χ2n) is 9.94. The third-order valence-electron chi connectivity index (χ3n) is 6.89. The highest BCUT2D eigenvalue weighted by atomic mass is 32.2. The van der Waals surface area contributed by atoms with E-state index in [2.05, 4.69) is 37.2 Å². The number of sulfonamides is 1. The predicted octanol–water partition coefficient (Wildman–Crippen LogP) is 2.52. The van der Waals surface area contributed by atoms with E-state index in [1.54, 1.807) is 18.5 Å². The van der Waals surface area contributed by atoms with Crippen molar-refractivity contribution in [3.8, 4) is 0 Å². The van der Waals surface area contributed by atoms with Gasteiger partial charge in [-0.05, 0) is 43.3 Å². The lowest BCUT2D eigenvalue weighted by Crippen LogP contribution is -2.48. The number of hydrogen-bond acceptors (Lipinski definition) is 9. The molecule has 1 aromatic carbocycles. The first-order valence-corrected chi connectivity index (χ1v) is 14.7. The molecule has 1 aliphatic heterocycles. The summed E-state index contributed by atoms with van der Waals surface area (Å²) in [5.74, 6) is 0.861. The van der Waals surface area contributed by atoms with Crippen LogP contribution < -0.4 is 14.5 Å². The molecule has 0 radical (unpaired) electrons. The van der Waals surface area contributed by atoms with E-state index in [0.717, 1.165) is 60.4 Å². The number of fused-ring (bicyclic) bond motifs is 1. The molecule has 1 saturated heterocycles. The normalized spacial score (nSPS) is 15.4. The summed E-state index contributed by atoms with van der Waals surface area (Å²) in [5, 5.41) is 13.8. The molecule has 0 saturated carbocycles. The van der Waals surface area contributed by atoms with E-state index in [9.17, 15) is 13.5 Å². The van der Waals surface area contributed by atoms with Gasteiger partial charge in [0.2, 0.25) is 16.0 Å². The SMILES string of the molecule is C[C@H](O)CN1CCN(c2ccc(Nc3ncc4ccn(Cc5cccnc5N(C)S(C)(=O)=O)c4n3)cc2)CC1. The lowest BCUT2D eigenvalue weighted by Gasteiger charge is -2.36. The number of β-amino-alcohol motifs (C(OH)–C–C–N with tert-alkyl or cyclic N) is 1. The number of nitrogens with zero attached hydrogens (tertiary/aromatic N) is 7. The summed E-state index contributed by atoms with van der Waals surface area (Å²) >= 11 is 0. The molecule has 2 N–H and O–H groups in total. The molecule has 1 fully saturated rings. The first kappa shape index (κ1) is 26.9. The van der Waals surface area contributed by atoms with Gasteiger partial charge in [0.25, 0.3) is 0 Å². The summed E-state index contributed by atoms with van der Waals surface area (Å²) < 4.78 is 27.4. The van der Waals surface area contributed by atoms with Crippen LogP contribution in [-0.2, 0) is 16.6 Å². The minimum atomic E-state index is -3.45. The maximum atomic E-state index is 12.1. The Hall–Kier alpha value is -3.74. The van der Waals surface area contributed by atoms with Gasteiger partial charge in [0.15, 0.2) is 0 Å². The van der Waals surface area contributed by atoms with Crippen LogP contribution in [0.3, 0.4) is 0 Å². The molecule has 0 spiro atoms. The quantitative estimate of drug-likeness (QED) is 0.324. The highest BCUT2D eigenvalue weighted by Crippen LogP contribution is 2.24. The number of nitrogens with one attached hydrogen (secondary N) is 1. The fraction of sp³-hybridized carbons (Fsp3) is 0.370. The monoisotopic (exact) mass is 550 g/mol. The lowest BCUT2D eigenvalue weighted by atomic mass is 10.2. The third-order valence-corrected chi connectivity index (χ3v) is 8.06. The Labute approximate surface area is 228 Å². The number of aliphatic hydroxyl groups excluding tert-OH is 1. The van der Waals surface area contributed by atoms with Crippen molar-refractivity contribution in [2.75, 3.05) is 60.5 Å². The highest BCUT2D eigenvalue weighted by molar-refractivity contribution is 7.92. The third kappa shape index (κ3) is 6.29. The van der Waals surface area contributed by atoms with Crippen molar-refractivity contribution < 1.29 is 13.5 Å². The molecule has 1 atom stereocenters. The molecule has 39 heavy (non-hydrogen) atoms. The van der Waals surface area contributed by atoms with Crippen molar-refractivity contribution in [1.29, 1.82) is 0 Å². The Morgan fingerprint density at radius 3 is 2.51 bits per heavy atom. The summed E-state index contributed by atoms with van der Waals surface area (Å²) in [5.41, 5.74) is 3.54. The lowest BCUT2D eigenvalue weighted by molar-refractivity contribution is 0.123. The van der Waals surface area contributed by atoms with E-state index in [0.29, 0.717) is 24.9 Å². The van der Waals surface area contributed by atoms with Crippen molar-refractivity contribution in [1.82, 2.24) is 24.4 Å². The van der Waals surface area contributed by atoms with Gasteiger partial charge in [-0.2, -0.15) is 4.98 Å². The van der Waals surface area contributed by atoms with Gasteiger partial charge in [0, 0.05) is 80.7 Å². The second kappa shape index (κ2) is 11.2. The van der Waals surface area contributed by atoms with Crippen molar-refractivity contribution in [3.05, 3.63) is 66.6 Å². The maximum absolute atomic E-state index is 12.1. The highest BCUT2D eigenvalue weighted by Gasteiger charge is 2.19. The number of aromatic nitrogens is 4. The molecule has 0 amide bonds. The first-order valence-electron chi connectivity index (χ1n) is 12.9. The average Bonchev–Trinajstić information content (AvgIpc) is 3.30. The second-order valence-corrected chi connectivity index (χ2v) is 12.0. The molecular formula is C27H34N8O3S. The first-order chi connectivity index (χ1) is 18.7. The minimum absolute atomic E-state index is 0.305. The van der Waals surface area contributed by atoms with Crippen LogP contribution in [0.1, 0.15) is 12.5 Å². The summed E-state index contributed by atoms with van der Waals surface area (Å²) in [4.78, 5) is 18.2. The van der Waals surface area contributed by atoms with Crippen molar-refractivity contribution in [3.63, 3.8) is 0 Å². The topological polar surface area (TPSA) is 120 Å². The molecule has 0 aliphatic carbocycles. The molecule has 4 aromatic rings. The number of rotatable bonds is 9. The van der Waals surface area contributed by atoms with Crippen LogP contribution in [0.4, 0.5) is 23.1 Å². The average molecular weight is 551 g/mol. The minimum Gasteiger partial charge on any atom is -0.392 e. The van der Waals surface area contributed by atoms with Gasteiger partial charge in [0.05, 0.1) is 18.9 Å². The molecule has 0 unspecified atom stereocenters. The van der Waals surface area contributed by atoms with E-state index < -0.39 is 10.0 Å². The van der Waals surface area contributed by atoms with Gasteiger partial charge in [0.1, 0.15) is 11.5 Å². The van der Waals surface area contributed by atoms with Gasteiger partial charge in [-0.3, -0.25) is 9.21 Å². The summed E-state index contributed by atoms with van der Waals surface area (Å²) in [7, 11) is -1.94. The molecule has 11 nitrogen and oxygen atoms in total. The largest absolute Gasteiger partial charge is 0.392 e. The summed E-state index contributed by atoms with van der Waals surface area (Å²) in [6, 6.07) is 13.8. The van der Waals surface area contributed by atoms with Crippen LogP contribution >= 0.6 is 0 Å². The molecule has 5 rings (SSSR count). The van der Waals surface area contributed by atoms with Crippen LogP contribution in [0, 0.1) is 0 Å². The van der Waals surface area contributed by atoms with Crippen molar-refractivity contribution >= 4 is 44.2 Å². The van der Waals surface area contributed by atoms with E-state index in [1.165, 1.54) is 11.4 Å². The Balaban J connectivity index is 1.29. The van der Waals surface area contributed by atoms with Crippen LogP contribution in [0.15, 0.2) is 61.1 Å². The Morgan fingerprint density at radius 1 is 1.08 bits per heavy atom. The van der Waals surface area contributed by atoms with Gasteiger partial charge < -0.3 is 19.9 Å². The standard InChI is InChI=1S/C27H34N8O3S/c1-20(36)18-33-13-15-34(16-14-33)24-8-6-23(7-9-24)30-27-29-17-21-10-12-35(26(21)31-27)19-22-5-4-11-28-25(22)32(2)39(3,37)38/h4-12,17,20,36H,13-16,18-19H2,1-3H3,(H,29,30,31)/t20-/m0/s1. The fourth-order valence-corrected chi connectivity index (χ4v) is 5.26. The van der Waals surface area contributed by atoms with E-state index in [-0.39, 0.29) is 6.10 Å². The number of piperazine rings is 1. The van der Waals surface area contributed by atoms with Crippen LogP contribution in [0.2, 0.25) is 0 Å². The van der Waals surface area contributed by atoms with E-state index in [4.69, 9.17) is 4.98 Å². The molecule has 206 valence electrons. The summed E-state index contributed by atoms with van der Waals surface area (Å²) in [6.07, 6.45) is 6.13. The van der Waals surface area contributed by atoms with Gasteiger partial charge in [-0.25, -0.2) is 18.4 Å². The number of pyridine rings is 1. The zero-order valence-corrected chi connectivity index (χ0v) is 23.2. The van der Waals surface area contributed by atoms with Crippen LogP contribution in [0.25, 0.3) is 11.0 Å². The maximum Gasteiger partial charge on any atom is 0.233 e. The van der Waals surface area contributed by atoms with Crippen molar-refractivity contribution in [2.24, 2.45) is 0 Å². The molecule has 12 heteroatoms. The van der Waals surface area contributed by atoms with Crippen molar-refractivity contribution in [2.45, 2.75) is 19.6 Å². The zero-order valence-electron chi connectivity index (χ0n) is 22.4. The Morgan fingerprint density at radius 2 is 1.82 bits per heavy atom. The Bertz CT molecular complexity index is 1530.